The Hall–Kier alpha value is -3.22. The van der Waals surface area contributed by atoms with E-state index >= 15 is 0 Å². The summed E-state index contributed by atoms with van der Waals surface area (Å²) in [6, 6.07) is 27.4. The van der Waals surface area contributed by atoms with Crippen molar-refractivity contribution in [2.24, 2.45) is 0 Å². The van der Waals surface area contributed by atoms with Crippen LogP contribution in [0.25, 0.3) is 0 Å². The molecule has 1 saturated heterocycles. The SMILES string of the molecule is CC(CCN1CCC(OC(c2ccccc2)c2ccccc2)CC1)Oc1ccccc1[N+](=O)[O-]. The zero-order chi connectivity index (χ0) is 23.8. The first-order valence-corrected chi connectivity index (χ1v) is 12.0. The maximum absolute atomic E-state index is 11.2. The number of nitrogens with zero attached hydrogens (tertiary/aromatic N) is 2. The van der Waals surface area contributed by atoms with Crippen molar-refractivity contribution >= 4 is 5.69 Å². The van der Waals surface area contributed by atoms with Gasteiger partial charge >= 0.3 is 5.69 Å². The number of hydrogen-bond donors (Lipinski definition) is 0. The molecule has 34 heavy (non-hydrogen) atoms. The van der Waals surface area contributed by atoms with Crippen LogP contribution in [-0.4, -0.2) is 41.7 Å². The minimum Gasteiger partial charge on any atom is -0.484 e. The van der Waals surface area contributed by atoms with Crippen molar-refractivity contribution in [3.05, 3.63) is 106 Å². The smallest absolute Gasteiger partial charge is 0.310 e. The van der Waals surface area contributed by atoms with Crippen molar-refractivity contribution in [2.75, 3.05) is 19.6 Å². The van der Waals surface area contributed by atoms with Crippen molar-refractivity contribution in [2.45, 2.75) is 44.5 Å². The van der Waals surface area contributed by atoms with E-state index < -0.39 is 4.92 Å². The molecule has 0 radical (unpaired) electrons. The molecule has 6 heteroatoms. The Morgan fingerprint density at radius 1 is 0.912 bits per heavy atom. The lowest BCUT2D eigenvalue weighted by Gasteiger charge is -2.34. The Labute approximate surface area is 201 Å². The predicted octanol–water partition coefficient (Wildman–Crippen LogP) is 6.02. The maximum atomic E-state index is 11.2. The van der Waals surface area contributed by atoms with Crippen molar-refractivity contribution in [3.63, 3.8) is 0 Å². The molecule has 0 amide bonds. The molecule has 0 N–H and O–H groups in total. The van der Waals surface area contributed by atoms with Crippen LogP contribution in [0.2, 0.25) is 0 Å². The molecule has 0 aliphatic carbocycles. The predicted molar refractivity (Wildman–Crippen MR) is 133 cm³/mol. The molecular formula is C28H32N2O4. The molecule has 178 valence electrons. The molecular weight excluding hydrogens is 428 g/mol. The molecule has 1 aliphatic rings. The van der Waals surface area contributed by atoms with Crippen molar-refractivity contribution in [1.82, 2.24) is 4.90 Å². The first-order valence-electron chi connectivity index (χ1n) is 12.0. The zero-order valence-corrected chi connectivity index (χ0v) is 19.6. The number of nitro groups is 1. The molecule has 1 unspecified atom stereocenters. The summed E-state index contributed by atoms with van der Waals surface area (Å²) in [5.41, 5.74) is 2.37. The monoisotopic (exact) mass is 460 g/mol. The molecule has 1 fully saturated rings. The van der Waals surface area contributed by atoms with E-state index in [1.54, 1.807) is 18.2 Å². The fourth-order valence-electron chi connectivity index (χ4n) is 4.41. The lowest BCUT2D eigenvalue weighted by Crippen LogP contribution is -2.39. The van der Waals surface area contributed by atoms with Gasteiger partial charge < -0.3 is 14.4 Å². The summed E-state index contributed by atoms with van der Waals surface area (Å²) in [5, 5.41) is 11.2. The maximum Gasteiger partial charge on any atom is 0.310 e. The quantitative estimate of drug-likeness (QED) is 0.273. The van der Waals surface area contributed by atoms with Crippen LogP contribution in [0.15, 0.2) is 84.9 Å². The summed E-state index contributed by atoms with van der Waals surface area (Å²) in [5.74, 6) is 0.333. The highest BCUT2D eigenvalue weighted by Crippen LogP contribution is 2.30. The van der Waals surface area contributed by atoms with E-state index in [1.807, 2.05) is 19.1 Å². The van der Waals surface area contributed by atoms with Crippen LogP contribution in [0, 0.1) is 10.1 Å². The van der Waals surface area contributed by atoms with Crippen LogP contribution < -0.4 is 4.74 Å². The van der Waals surface area contributed by atoms with Crippen LogP contribution in [0.1, 0.15) is 43.4 Å². The summed E-state index contributed by atoms with van der Waals surface area (Å²) >= 11 is 0. The van der Waals surface area contributed by atoms with Gasteiger partial charge in [0.1, 0.15) is 6.10 Å². The minimum atomic E-state index is -0.398. The fraction of sp³-hybridized carbons (Fsp3) is 0.357. The van der Waals surface area contributed by atoms with Crippen molar-refractivity contribution < 1.29 is 14.4 Å². The zero-order valence-electron chi connectivity index (χ0n) is 19.6. The van der Waals surface area contributed by atoms with Crippen LogP contribution >= 0.6 is 0 Å². The standard InChI is InChI=1S/C28H32N2O4/c1-22(33-27-15-9-8-14-26(27)30(31)32)16-19-29-20-17-25(18-21-29)34-28(23-10-4-2-5-11-23)24-12-6-3-7-13-24/h2-15,22,25,28H,16-21H2,1H3. The Balaban J connectivity index is 1.27. The number of likely N-dealkylation sites (tertiary alicyclic amines) is 1. The third kappa shape index (κ3) is 6.43. The van der Waals surface area contributed by atoms with E-state index in [2.05, 4.69) is 53.4 Å². The molecule has 0 spiro atoms. The Morgan fingerprint density at radius 3 is 2.06 bits per heavy atom. The lowest BCUT2D eigenvalue weighted by atomic mass is 10.00. The molecule has 1 heterocycles. The highest BCUT2D eigenvalue weighted by Gasteiger charge is 2.25. The average Bonchev–Trinajstić information content (AvgIpc) is 2.88. The summed E-state index contributed by atoms with van der Waals surface area (Å²) in [7, 11) is 0. The molecule has 4 rings (SSSR count). The molecule has 1 aliphatic heterocycles. The Bertz CT molecular complexity index is 997. The van der Waals surface area contributed by atoms with E-state index in [1.165, 1.54) is 17.2 Å². The number of nitro benzene ring substituents is 1. The molecule has 3 aromatic carbocycles. The van der Waals surface area contributed by atoms with Gasteiger partial charge in [0.05, 0.1) is 17.1 Å². The van der Waals surface area contributed by atoms with Crippen LogP contribution in [0.3, 0.4) is 0 Å². The highest BCUT2D eigenvalue weighted by molar-refractivity contribution is 5.45. The van der Waals surface area contributed by atoms with E-state index in [9.17, 15) is 10.1 Å². The normalized spacial score (nSPS) is 15.8. The van der Waals surface area contributed by atoms with Crippen LogP contribution in [0.4, 0.5) is 5.69 Å². The van der Waals surface area contributed by atoms with Gasteiger partial charge in [-0.3, -0.25) is 10.1 Å². The second kappa shape index (κ2) is 11.8. The van der Waals surface area contributed by atoms with Gasteiger partial charge in [-0.2, -0.15) is 0 Å². The van der Waals surface area contributed by atoms with Gasteiger partial charge in [0.2, 0.25) is 0 Å². The third-order valence-corrected chi connectivity index (χ3v) is 6.31. The topological polar surface area (TPSA) is 64.8 Å². The first-order chi connectivity index (χ1) is 16.6. The van der Waals surface area contributed by atoms with Gasteiger partial charge in [-0.1, -0.05) is 72.8 Å². The number of ether oxygens (including phenoxy) is 2. The molecule has 3 aromatic rings. The van der Waals surface area contributed by atoms with E-state index in [4.69, 9.17) is 9.47 Å². The van der Waals surface area contributed by atoms with E-state index in [0.717, 1.165) is 38.9 Å². The average molecular weight is 461 g/mol. The molecule has 6 nitrogen and oxygen atoms in total. The molecule has 0 saturated carbocycles. The van der Waals surface area contributed by atoms with Gasteiger partial charge in [0.15, 0.2) is 5.75 Å². The van der Waals surface area contributed by atoms with Gasteiger partial charge in [-0.15, -0.1) is 0 Å². The van der Waals surface area contributed by atoms with Crippen molar-refractivity contribution in [1.29, 1.82) is 0 Å². The Morgan fingerprint density at radius 2 is 1.47 bits per heavy atom. The third-order valence-electron chi connectivity index (χ3n) is 6.31. The van der Waals surface area contributed by atoms with Gasteiger partial charge in [-0.05, 0) is 43.4 Å². The second-order valence-corrected chi connectivity index (χ2v) is 8.82. The number of hydrogen-bond acceptors (Lipinski definition) is 5. The largest absolute Gasteiger partial charge is 0.484 e. The second-order valence-electron chi connectivity index (χ2n) is 8.82. The van der Waals surface area contributed by atoms with Crippen molar-refractivity contribution in [3.8, 4) is 5.75 Å². The van der Waals surface area contributed by atoms with Crippen LogP contribution in [-0.2, 0) is 4.74 Å². The lowest BCUT2D eigenvalue weighted by molar-refractivity contribution is -0.386. The number of rotatable bonds is 10. The molecule has 0 bridgehead atoms. The fourth-order valence-corrected chi connectivity index (χ4v) is 4.41. The van der Waals surface area contributed by atoms with Gasteiger partial charge in [0, 0.05) is 25.7 Å². The number of piperidine rings is 1. The van der Waals surface area contributed by atoms with Gasteiger partial charge in [0.25, 0.3) is 0 Å². The summed E-state index contributed by atoms with van der Waals surface area (Å²) in [4.78, 5) is 13.2. The van der Waals surface area contributed by atoms with Crippen LogP contribution in [0.5, 0.6) is 5.75 Å². The first kappa shape index (κ1) is 23.9. The molecule has 0 aromatic heterocycles. The van der Waals surface area contributed by atoms with E-state index in [-0.39, 0.29) is 24.0 Å². The van der Waals surface area contributed by atoms with E-state index in [0.29, 0.717) is 5.75 Å². The highest BCUT2D eigenvalue weighted by atomic mass is 16.6. The minimum absolute atomic E-state index is 0.0127. The summed E-state index contributed by atoms with van der Waals surface area (Å²) in [6.07, 6.45) is 2.83. The summed E-state index contributed by atoms with van der Waals surface area (Å²) in [6.45, 7) is 4.81. The van der Waals surface area contributed by atoms with Gasteiger partial charge in [-0.25, -0.2) is 0 Å². The Kier molecular flexibility index (Phi) is 8.28. The summed E-state index contributed by atoms with van der Waals surface area (Å²) < 4.78 is 12.5. The molecule has 1 atom stereocenters. The number of para-hydroxylation sites is 2. The number of benzene rings is 3.